The first kappa shape index (κ1) is 24.5. The highest BCUT2D eigenvalue weighted by Gasteiger charge is 2.37. The normalized spacial score (nSPS) is 18.7. The zero-order valence-corrected chi connectivity index (χ0v) is 18.0. The number of carboxylic acids is 1. The van der Waals surface area contributed by atoms with E-state index in [0.29, 0.717) is 24.9 Å². The minimum atomic E-state index is -1.21. The van der Waals surface area contributed by atoms with Gasteiger partial charge >= 0.3 is 5.97 Å². The first-order chi connectivity index (χ1) is 14.6. The summed E-state index contributed by atoms with van der Waals surface area (Å²) in [5.41, 5.74) is 6.42. The third-order valence-electron chi connectivity index (χ3n) is 5.09. The number of phenolic OH excluding ortho intramolecular Hbond substituents is 1. The van der Waals surface area contributed by atoms with Crippen LogP contribution in [0.2, 0.25) is 0 Å². The molecule has 4 atom stereocenters. The molecular weight excluding hydrogens is 424 g/mol. The third kappa shape index (κ3) is 6.59. The van der Waals surface area contributed by atoms with Crippen molar-refractivity contribution in [2.24, 2.45) is 5.73 Å². The van der Waals surface area contributed by atoms with Crippen LogP contribution in [0.15, 0.2) is 24.3 Å². The Bertz CT molecular complexity index is 818. The minimum Gasteiger partial charge on any atom is -0.508 e. The molecule has 1 aliphatic rings. The number of carboxylic acid groups (broad SMARTS) is 1. The Morgan fingerprint density at radius 3 is 2.45 bits per heavy atom. The fraction of sp³-hybridized carbons (Fsp3) is 0.500. The van der Waals surface area contributed by atoms with E-state index in [1.54, 1.807) is 12.1 Å². The summed E-state index contributed by atoms with van der Waals surface area (Å²) in [7, 11) is 0. The fourth-order valence-corrected chi connectivity index (χ4v) is 3.47. The summed E-state index contributed by atoms with van der Waals surface area (Å²) in [4.78, 5) is 50.6. The summed E-state index contributed by atoms with van der Waals surface area (Å²) in [5.74, 6) is -2.59. The summed E-state index contributed by atoms with van der Waals surface area (Å²) in [5, 5.41) is 23.5. The number of rotatable bonds is 9. The van der Waals surface area contributed by atoms with Crippen LogP contribution in [0.4, 0.5) is 0 Å². The van der Waals surface area contributed by atoms with E-state index in [1.807, 2.05) is 0 Å². The fourth-order valence-electron chi connectivity index (χ4n) is 3.31. The number of amides is 3. The monoisotopic (exact) mass is 452 g/mol. The van der Waals surface area contributed by atoms with Crippen LogP contribution in [-0.2, 0) is 25.6 Å². The van der Waals surface area contributed by atoms with E-state index >= 15 is 0 Å². The number of phenols is 1. The van der Waals surface area contributed by atoms with E-state index < -0.39 is 42.0 Å². The van der Waals surface area contributed by atoms with E-state index in [-0.39, 0.29) is 23.8 Å². The minimum absolute atomic E-state index is 0.0499. The van der Waals surface area contributed by atoms with Crippen LogP contribution in [0.5, 0.6) is 5.75 Å². The molecule has 1 saturated heterocycles. The molecule has 11 heteroatoms. The molecule has 2 rings (SSSR count). The number of likely N-dealkylation sites (tertiary alicyclic amines) is 1. The van der Waals surface area contributed by atoms with Crippen molar-refractivity contribution < 1.29 is 29.4 Å². The largest absolute Gasteiger partial charge is 0.508 e. The number of hydrogen-bond donors (Lipinski definition) is 6. The second-order valence-electron chi connectivity index (χ2n) is 7.48. The Balaban J connectivity index is 2.17. The number of aromatic hydroxyl groups is 1. The van der Waals surface area contributed by atoms with Gasteiger partial charge in [-0.25, -0.2) is 0 Å². The van der Waals surface area contributed by atoms with Gasteiger partial charge in [0.15, 0.2) is 0 Å². The van der Waals surface area contributed by atoms with E-state index in [1.165, 1.54) is 24.0 Å². The zero-order chi connectivity index (χ0) is 23.1. The highest BCUT2D eigenvalue weighted by Crippen LogP contribution is 2.19. The predicted molar refractivity (Wildman–Crippen MR) is 116 cm³/mol. The number of nitrogens with two attached hydrogens (primary N) is 1. The molecule has 170 valence electrons. The summed E-state index contributed by atoms with van der Waals surface area (Å²) in [6.45, 7) is 1.69. The number of hydrogen-bond acceptors (Lipinski definition) is 7. The van der Waals surface area contributed by atoms with Crippen molar-refractivity contribution in [2.45, 2.75) is 50.4 Å². The SMILES string of the molecule is CC(NC(=O)C(Cc1ccc(O)cc1)NC(=O)C1CCCN1C(=O)C(N)CS)C(=O)O. The summed E-state index contributed by atoms with van der Waals surface area (Å²) >= 11 is 4.03. The quantitative estimate of drug-likeness (QED) is 0.269. The average Bonchev–Trinajstić information content (AvgIpc) is 3.23. The molecule has 0 aromatic heterocycles. The van der Waals surface area contributed by atoms with E-state index in [4.69, 9.17) is 10.8 Å². The maximum Gasteiger partial charge on any atom is 0.325 e. The van der Waals surface area contributed by atoms with Crippen molar-refractivity contribution in [3.05, 3.63) is 29.8 Å². The molecule has 0 bridgehead atoms. The summed E-state index contributed by atoms with van der Waals surface area (Å²) in [6, 6.07) is 2.26. The molecular formula is C20H28N4O6S. The Labute approximate surface area is 185 Å². The molecule has 1 aliphatic heterocycles. The molecule has 6 N–H and O–H groups in total. The van der Waals surface area contributed by atoms with E-state index in [0.717, 1.165) is 0 Å². The Kier molecular flexibility index (Phi) is 8.69. The van der Waals surface area contributed by atoms with Crippen LogP contribution < -0.4 is 16.4 Å². The van der Waals surface area contributed by atoms with Gasteiger partial charge in [0.2, 0.25) is 17.7 Å². The van der Waals surface area contributed by atoms with Gasteiger partial charge < -0.3 is 31.5 Å². The van der Waals surface area contributed by atoms with Gasteiger partial charge in [-0.2, -0.15) is 12.6 Å². The molecule has 0 radical (unpaired) electrons. The Morgan fingerprint density at radius 2 is 1.87 bits per heavy atom. The van der Waals surface area contributed by atoms with E-state index in [2.05, 4.69) is 23.3 Å². The van der Waals surface area contributed by atoms with E-state index in [9.17, 15) is 24.3 Å². The van der Waals surface area contributed by atoms with Crippen LogP contribution in [0, 0.1) is 0 Å². The van der Waals surface area contributed by atoms with Gasteiger partial charge in [0.05, 0.1) is 6.04 Å². The maximum absolute atomic E-state index is 12.9. The molecule has 0 saturated carbocycles. The maximum atomic E-state index is 12.9. The van der Waals surface area contributed by atoms with Crippen molar-refractivity contribution in [3.63, 3.8) is 0 Å². The summed E-state index contributed by atoms with van der Waals surface area (Å²) < 4.78 is 0. The number of thiol groups is 1. The van der Waals surface area contributed by atoms with Gasteiger partial charge in [-0.3, -0.25) is 19.2 Å². The Hall–Kier alpha value is -2.79. The van der Waals surface area contributed by atoms with Crippen molar-refractivity contribution in [1.82, 2.24) is 15.5 Å². The lowest BCUT2D eigenvalue weighted by Crippen LogP contribution is -2.57. The van der Waals surface area contributed by atoms with Gasteiger partial charge in [0.1, 0.15) is 23.9 Å². The average molecular weight is 453 g/mol. The van der Waals surface area contributed by atoms with Crippen LogP contribution in [-0.4, -0.2) is 75.3 Å². The van der Waals surface area contributed by atoms with Gasteiger partial charge in [-0.15, -0.1) is 0 Å². The highest BCUT2D eigenvalue weighted by molar-refractivity contribution is 7.80. The van der Waals surface area contributed by atoms with Crippen LogP contribution in [0.25, 0.3) is 0 Å². The van der Waals surface area contributed by atoms with Crippen LogP contribution in [0.3, 0.4) is 0 Å². The second kappa shape index (κ2) is 11.0. The third-order valence-corrected chi connectivity index (χ3v) is 5.48. The number of carbonyl (C=O) groups excluding carboxylic acids is 3. The predicted octanol–water partition coefficient (Wildman–Crippen LogP) is -0.743. The smallest absolute Gasteiger partial charge is 0.325 e. The van der Waals surface area contributed by atoms with Gasteiger partial charge in [0.25, 0.3) is 0 Å². The second-order valence-corrected chi connectivity index (χ2v) is 7.84. The number of benzene rings is 1. The Morgan fingerprint density at radius 1 is 1.23 bits per heavy atom. The van der Waals surface area contributed by atoms with Crippen LogP contribution in [0.1, 0.15) is 25.3 Å². The number of nitrogens with one attached hydrogen (secondary N) is 2. The lowest BCUT2D eigenvalue weighted by atomic mass is 10.0. The van der Waals surface area contributed by atoms with Gasteiger partial charge in [-0.05, 0) is 37.5 Å². The first-order valence-corrected chi connectivity index (χ1v) is 10.6. The summed E-state index contributed by atoms with van der Waals surface area (Å²) in [6.07, 6.45) is 1.12. The molecule has 1 fully saturated rings. The number of nitrogens with zero attached hydrogens (tertiary/aromatic N) is 1. The standard InChI is InChI=1S/C20H28N4O6S/c1-11(20(29)30)22-17(26)15(9-12-4-6-13(25)7-5-12)23-18(27)16-3-2-8-24(16)19(28)14(21)10-31/h4-7,11,14-16,25,31H,2-3,8-10,21H2,1H3,(H,22,26)(H,23,27)(H,29,30). The number of carbonyl (C=O) groups is 4. The lowest BCUT2D eigenvalue weighted by Gasteiger charge is -2.28. The van der Waals surface area contributed by atoms with Crippen molar-refractivity contribution in [1.29, 1.82) is 0 Å². The van der Waals surface area contributed by atoms with Crippen molar-refractivity contribution in [3.8, 4) is 5.75 Å². The molecule has 1 aromatic rings. The molecule has 1 aromatic carbocycles. The molecule has 10 nitrogen and oxygen atoms in total. The first-order valence-electron chi connectivity index (χ1n) is 9.92. The van der Waals surface area contributed by atoms with Crippen LogP contribution >= 0.6 is 12.6 Å². The molecule has 0 spiro atoms. The molecule has 0 aliphatic carbocycles. The molecule has 31 heavy (non-hydrogen) atoms. The topological polar surface area (TPSA) is 162 Å². The molecule has 1 heterocycles. The molecule has 3 amide bonds. The van der Waals surface area contributed by atoms with Crippen molar-refractivity contribution >= 4 is 36.3 Å². The highest BCUT2D eigenvalue weighted by atomic mass is 32.1. The zero-order valence-electron chi connectivity index (χ0n) is 17.2. The van der Waals surface area contributed by atoms with Gasteiger partial charge in [-0.1, -0.05) is 12.1 Å². The van der Waals surface area contributed by atoms with Gasteiger partial charge in [0, 0.05) is 18.7 Å². The lowest BCUT2D eigenvalue weighted by molar-refractivity contribution is -0.142. The van der Waals surface area contributed by atoms with Crippen molar-refractivity contribution in [2.75, 3.05) is 12.3 Å². The molecule has 4 unspecified atom stereocenters. The number of aliphatic carboxylic acids is 1.